The second kappa shape index (κ2) is 5.30. The number of aromatic nitrogens is 2. The standard InChI is InChI=1S/C12H18F3N3/c1-2-6-16-9-3-4-10(8-9)18-7-5-11(17-18)12(13,14)15/h5,7,9-10,16H,2-4,6,8H2,1H3. The molecule has 0 amide bonds. The maximum atomic E-state index is 12.4. The topological polar surface area (TPSA) is 29.9 Å². The van der Waals surface area contributed by atoms with Crippen molar-refractivity contribution in [1.82, 2.24) is 15.1 Å². The van der Waals surface area contributed by atoms with E-state index in [1.54, 1.807) is 0 Å². The van der Waals surface area contributed by atoms with Gasteiger partial charge in [-0.15, -0.1) is 0 Å². The van der Waals surface area contributed by atoms with Crippen LogP contribution in [0.25, 0.3) is 0 Å². The zero-order valence-electron chi connectivity index (χ0n) is 10.4. The van der Waals surface area contributed by atoms with Crippen LogP contribution in [0.2, 0.25) is 0 Å². The van der Waals surface area contributed by atoms with Crippen molar-refractivity contribution in [2.75, 3.05) is 6.54 Å². The van der Waals surface area contributed by atoms with Gasteiger partial charge in [-0.2, -0.15) is 18.3 Å². The third-order valence-corrected chi connectivity index (χ3v) is 3.36. The van der Waals surface area contributed by atoms with Crippen LogP contribution in [0.15, 0.2) is 12.3 Å². The van der Waals surface area contributed by atoms with Crippen molar-refractivity contribution in [3.05, 3.63) is 18.0 Å². The van der Waals surface area contributed by atoms with Crippen LogP contribution in [0, 0.1) is 0 Å². The van der Waals surface area contributed by atoms with Crippen LogP contribution in [-0.2, 0) is 6.18 Å². The van der Waals surface area contributed by atoms with Gasteiger partial charge in [0.15, 0.2) is 5.69 Å². The second-order valence-electron chi connectivity index (χ2n) is 4.80. The maximum Gasteiger partial charge on any atom is 0.435 e. The molecule has 18 heavy (non-hydrogen) atoms. The molecule has 6 heteroatoms. The van der Waals surface area contributed by atoms with Crippen molar-refractivity contribution in [1.29, 1.82) is 0 Å². The highest BCUT2D eigenvalue weighted by molar-refractivity contribution is 5.04. The van der Waals surface area contributed by atoms with E-state index in [-0.39, 0.29) is 6.04 Å². The van der Waals surface area contributed by atoms with E-state index >= 15 is 0 Å². The zero-order valence-corrected chi connectivity index (χ0v) is 10.4. The fraction of sp³-hybridized carbons (Fsp3) is 0.750. The summed E-state index contributed by atoms with van der Waals surface area (Å²) < 4.78 is 38.8. The molecule has 1 aromatic rings. The van der Waals surface area contributed by atoms with Gasteiger partial charge in [0, 0.05) is 12.2 Å². The van der Waals surface area contributed by atoms with Gasteiger partial charge in [-0.05, 0) is 38.3 Å². The van der Waals surface area contributed by atoms with Crippen molar-refractivity contribution in [3.8, 4) is 0 Å². The van der Waals surface area contributed by atoms with Gasteiger partial charge in [-0.3, -0.25) is 4.68 Å². The Morgan fingerprint density at radius 2 is 2.22 bits per heavy atom. The zero-order chi connectivity index (χ0) is 13.2. The summed E-state index contributed by atoms with van der Waals surface area (Å²) in [6.45, 7) is 3.06. The Morgan fingerprint density at radius 3 is 2.83 bits per heavy atom. The van der Waals surface area contributed by atoms with Crippen molar-refractivity contribution in [2.45, 2.75) is 50.9 Å². The summed E-state index contributed by atoms with van der Waals surface area (Å²) in [5, 5.41) is 7.05. The Hall–Kier alpha value is -1.04. The molecule has 1 heterocycles. The summed E-state index contributed by atoms with van der Waals surface area (Å²) >= 11 is 0. The molecule has 0 spiro atoms. The summed E-state index contributed by atoms with van der Waals surface area (Å²) in [5.41, 5.74) is -0.799. The normalized spacial score (nSPS) is 24.7. The fourth-order valence-electron chi connectivity index (χ4n) is 2.42. The number of rotatable bonds is 4. The average molecular weight is 261 g/mol. The van der Waals surface area contributed by atoms with Gasteiger partial charge in [0.2, 0.25) is 0 Å². The molecule has 1 fully saturated rings. The lowest BCUT2D eigenvalue weighted by Gasteiger charge is -2.13. The van der Waals surface area contributed by atoms with Gasteiger partial charge in [0.05, 0.1) is 6.04 Å². The molecule has 0 bridgehead atoms. The lowest BCUT2D eigenvalue weighted by molar-refractivity contribution is -0.141. The van der Waals surface area contributed by atoms with E-state index in [0.717, 1.165) is 38.3 Å². The molecular formula is C12H18F3N3. The number of nitrogens with one attached hydrogen (secondary N) is 1. The Balaban J connectivity index is 1.95. The van der Waals surface area contributed by atoms with E-state index in [9.17, 15) is 13.2 Å². The predicted octanol–water partition coefficient (Wildman–Crippen LogP) is 3.00. The number of hydrogen-bond acceptors (Lipinski definition) is 2. The number of halogens is 3. The van der Waals surface area contributed by atoms with Crippen LogP contribution in [0.5, 0.6) is 0 Å². The SMILES string of the molecule is CCCNC1CCC(n2ccc(C(F)(F)F)n2)C1. The molecule has 0 aliphatic heterocycles. The van der Waals surface area contributed by atoms with Crippen LogP contribution in [0.4, 0.5) is 13.2 Å². The van der Waals surface area contributed by atoms with Gasteiger partial charge < -0.3 is 5.32 Å². The van der Waals surface area contributed by atoms with Gasteiger partial charge in [-0.25, -0.2) is 0 Å². The third kappa shape index (κ3) is 3.04. The highest BCUT2D eigenvalue weighted by Crippen LogP contribution is 2.32. The Morgan fingerprint density at radius 1 is 1.44 bits per heavy atom. The van der Waals surface area contributed by atoms with Crippen LogP contribution < -0.4 is 5.32 Å². The van der Waals surface area contributed by atoms with E-state index < -0.39 is 11.9 Å². The molecule has 102 valence electrons. The Bertz CT molecular complexity index is 386. The predicted molar refractivity (Wildman–Crippen MR) is 62.2 cm³/mol. The molecule has 1 N–H and O–H groups in total. The molecular weight excluding hydrogens is 243 g/mol. The van der Waals surface area contributed by atoms with Crippen LogP contribution in [0.3, 0.4) is 0 Å². The minimum Gasteiger partial charge on any atom is -0.314 e. The first-order chi connectivity index (χ1) is 8.50. The molecule has 2 rings (SSSR count). The molecule has 0 radical (unpaired) electrons. The number of hydrogen-bond donors (Lipinski definition) is 1. The number of alkyl halides is 3. The van der Waals surface area contributed by atoms with E-state index in [2.05, 4.69) is 17.3 Å². The molecule has 1 aliphatic rings. The summed E-state index contributed by atoms with van der Waals surface area (Å²) in [6.07, 6.45) is 0.922. The molecule has 2 atom stereocenters. The largest absolute Gasteiger partial charge is 0.435 e. The average Bonchev–Trinajstić information content (AvgIpc) is 2.93. The Kier molecular flexibility index (Phi) is 3.94. The molecule has 2 unspecified atom stereocenters. The quantitative estimate of drug-likeness (QED) is 0.903. The monoisotopic (exact) mass is 261 g/mol. The molecule has 1 aliphatic carbocycles. The van der Waals surface area contributed by atoms with Crippen LogP contribution in [0.1, 0.15) is 44.3 Å². The van der Waals surface area contributed by atoms with Crippen LogP contribution >= 0.6 is 0 Å². The third-order valence-electron chi connectivity index (χ3n) is 3.36. The molecule has 1 saturated carbocycles. The Labute approximate surface area is 104 Å². The van der Waals surface area contributed by atoms with Crippen LogP contribution in [-0.4, -0.2) is 22.4 Å². The summed E-state index contributed by atoms with van der Waals surface area (Å²) in [7, 11) is 0. The van der Waals surface area contributed by atoms with E-state index in [4.69, 9.17) is 0 Å². The van der Waals surface area contributed by atoms with Gasteiger partial charge >= 0.3 is 6.18 Å². The number of nitrogens with zero attached hydrogens (tertiary/aromatic N) is 2. The van der Waals surface area contributed by atoms with Gasteiger partial charge in [0.25, 0.3) is 0 Å². The second-order valence-corrected chi connectivity index (χ2v) is 4.80. The highest BCUT2D eigenvalue weighted by Gasteiger charge is 2.35. The van der Waals surface area contributed by atoms with Crippen molar-refractivity contribution in [2.24, 2.45) is 0 Å². The van der Waals surface area contributed by atoms with Crippen molar-refractivity contribution >= 4 is 0 Å². The lowest BCUT2D eigenvalue weighted by Crippen LogP contribution is -2.27. The first kappa shape index (κ1) is 13.4. The van der Waals surface area contributed by atoms with Crippen molar-refractivity contribution in [3.63, 3.8) is 0 Å². The molecule has 1 aromatic heterocycles. The minimum absolute atomic E-state index is 0.0930. The fourth-order valence-corrected chi connectivity index (χ4v) is 2.42. The highest BCUT2D eigenvalue weighted by atomic mass is 19.4. The summed E-state index contributed by atoms with van der Waals surface area (Å²) in [5.74, 6) is 0. The first-order valence-corrected chi connectivity index (χ1v) is 6.36. The molecule has 3 nitrogen and oxygen atoms in total. The van der Waals surface area contributed by atoms with E-state index in [0.29, 0.717) is 6.04 Å². The maximum absolute atomic E-state index is 12.4. The van der Waals surface area contributed by atoms with E-state index in [1.165, 1.54) is 10.9 Å². The minimum atomic E-state index is -4.34. The van der Waals surface area contributed by atoms with Gasteiger partial charge in [0.1, 0.15) is 0 Å². The van der Waals surface area contributed by atoms with Crippen molar-refractivity contribution < 1.29 is 13.2 Å². The molecule has 0 saturated heterocycles. The van der Waals surface area contributed by atoms with E-state index in [1.807, 2.05) is 0 Å². The lowest BCUT2D eigenvalue weighted by atomic mass is 10.2. The smallest absolute Gasteiger partial charge is 0.314 e. The van der Waals surface area contributed by atoms with Gasteiger partial charge in [-0.1, -0.05) is 6.92 Å². The summed E-state index contributed by atoms with van der Waals surface area (Å²) in [6, 6.07) is 1.55. The summed E-state index contributed by atoms with van der Waals surface area (Å²) in [4.78, 5) is 0. The first-order valence-electron chi connectivity index (χ1n) is 6.36. The molecule has 0 aromatic carbocycles.